The van der Waals surface area contributed by atoms with Crippen molar-refractivity contribution in [3.8, 4) is 5.75 Å². The van der Waals surface area contributed by atoms with E-state index >= 15 is 0 Å². The molecule has 1 fully saturated rings. The molecule has 1 N–H and O–H groups in total. The van der Waals surface area contributed by atoms with E-state index in [2.05, 4.69) is 5.32 Å². The summed E-state index contributed by atoms with van der Waals surface area (Å²) in [5.41, 5.74) is 1.67. The molecule has 0 unspecified atom stereocenters. The molecule has 25 heavy (non-hydrogen) atoms. The van der Waals surface area contributed by atoms with Crippen LogP contribution in [-0.4, -0.2) is 29.9 Å². The number of nitrogens with zero attached hydrogens (tertiary/aromatic N) is 1. The van der Waals surface area contributed by atoms with Gasteiger partial charge in [-0.1, -0.05) is 0 Å². The summed E-state index contributed by atoms with van der Waals surface area (Å²) in [4.78, 5) is 26.6. The van der Waals surface area contributed by atoms with E-state index in [0.717, 1.165) is 42.1 Å². The highest BCUT2D eigenvalue weighted by molar-refractivity contribution is 6.39. The van der Waals surface area contributed by atoms with E-state index in [4.69, 9.17) is 9.15 Å². The van der Waals surface area contributed by atoms with Crippen LogP contribution in [0.4, 0.5) is 5.69 Å². The molecule has 2 aromatic rings. The maximum atomic E-state index is 12.6. The monoisotopic (exact) mass is 340 g/mol. The van der Waals surface area contributed by atoms with Gasteiger partial charge in [-0.15, -0.1) is 0 Å². The molecule has 1 aromatic heterocycles. The zero-order chi connectivity index (χ0) is 17.4. The van der Waals surface area contributed by atoms with Gasteiger partial charge in [0.25, 0.3) is 0 Å². The SMILES string of the molecule is Cc1ccc([C@@H]2CCCN2C(=O)C(=O)Nc2ccc3c(c2)CCO3)o1. The molecule has 0 saturated carbocycles. The molecule has 0 spiro atoms. The Morgan fingerprint density at radius 1 is 1.24 bits per heavy atom. The zero-order valence-corrected chi connectivity index (χ0v) is 14.1. The lowest BCUT2D eigenvalue weighted by molar-refractivity contribution is -0.144. The standard InChI is InChI=1S/C19H20N2O4/c1-12-4-6-17(25-12)15-3-2-9-21(15)19(23)18(22)20-14-5-7-16-13(11-14)8-10-24-16/h4-7,11,15H,2-3,8-10H2,1H3,(H,20,22)/t15-/m0/s1. The number of hydrogen-bond acceptors (Lipinski definition) is 4. The van der Waals surface area contributed by atoms with E-state index in [0.29, 0.717) is 18.8 Å². The third kappa shape index (κ3) is 2.99. The molecule has 1 aromatic carbocycles. The van der Waals surface area contributed by atoms with E-state index in [1.807, 2.05) is 31.2 Å². The van der Waals surface area contributed by atoms with Crippen LogP contribution in [0.25, 0.3) is 0 Å². The van der Waals surface area contributed by atoms with Crippen LogP contribution in [0.2, 0.25) is 0 Å². The Balaban J connectivity index is 1.47. The third-order valence-corrected chi connectivity index (χ3v) is 4.74. The van der Waals surface area contributed by atoms with E-state index in [1.54, 1.807) is 11.0 Å². The molecular weight excluding hydrogens is 320 g/mol. The van der Waals surface area contributed by atoms with Crippen molar-refractivity contribution in [2.75, 3.05) is 18.5 Å². The largest absolute Gasteiger partial charge is 0.493 e. The Kier molecular flexibility index (Phi) is 3.95. The molecule has 1 saturated heterocycles. The van der Waals surface area contributed by atoms with Gasteiger partial charge in [0.1, 0.15) is 17.3 Å². The molecule has 130 valence electrons. The lowest BCUT2D eigenvalue weighted by Gasteiger charge is -2.22. The molecule has 2 amide bonds. The Morgan fingerprint density at radius 3 is 2.92 bits per heavy atom. The molecule has 0 aliphatic carbocycles. The Hall–Kier alpha value is -2.76. The quantitative estimate of drug-likeness (QED) is 0.854. The second-order valence-electron chi connectivity index (χ2n) is 6.48. The van der Waals surface area contributed by atoms with Crippen molar-refractivity contribution in [3.05, 3.63) is 47.4 Å². The average Bonchev–Trinajstić information content (AvgIpc) is 3.33. The maximum Gasteiger partial charge on any atom is 0.313 e. The van der Waals surface area contributed by atoms with Crippen molar-refractivity contribution in [1.29, 1.82) is 0 Å². The highest BCUT2D eigenvalue weighted by Crippen LogP contribution is 2.33. The van der Waals surface area contributed by atoms with Gasteiger partial charge in [0.05, 0.1) is 12.6 Å². The normalized spacial score (nSPS) is 18.8. The molecule has 2 aliphatic rings. The summed E-state index contributed by atoms with van der Waals surface area (Å²) < 4.78 is 11.1. The van der Waals surface area contributed by atoms with Gasteiger partial charge in [0.2, 0.25) is 0 Å². The second-order valence-corrected chi connectivity index (χ2v) is 6.48. The first-order valence-electron chi connectivity index (χ1n) is 8.56. The van der Waals surface area contributed by atoms with Gasteiger partial charge in [0, 0.05) is 18.7 Å². The minimum atomic E-state index is -0.617. The van der Waals surface area contributed by atoms with Gasteiger partial charge < -0.3 is 19.4 Å². The van der Waals surface area contributed by atoms with Crippen LogP contribution in [0.1, 0.15) is 36.0 Å². The lowest BCUT2D eigenvalue weighted by atomic mass is 10.1. The average molecular weight is 340 g/mol. The number of rotatable bonds is 2. The number of nitrogens with one attached hydrogen (secondary N) is 1. The van der Waals surface area contributed by atoms with Crippen molar-refractivity contribution >= 4 is 17.5 Å². The van der Waals surface area contributed by atoms with Crippen molar-refractivity contribution in [3.63, 3.8) is 0 Å². The molecule has 3 heterocycles. The second kappa shape index (κ2) is 6.27. The number of ether oxygens (including phenoxy) is 1. The third-order valence-electron chi connectivity index (χ3n) is 4.74. The predicted octanol–water partition coefficient (Wildman–Crippen LogP) is 2.83. The van der Waals surface area contributed by atoms with E-state index in [1.165, 1.54) is 0 Å². The van der Waals surface area contributed by atoms with Crippen LogP contribution in [0.3, 0.4) is 0 Å². The van der Waals surface area contributed by atoms with Crippen LogP contribution in [0.15, 0.2) is 34.7 Å². The van der Waals surface area contributed by atoms with Gasteiger partial charge in [-0.3, -0.25) is 9.59 Å². The number of fused-ring (bicyclic) bond motifs is 1. The number of carbonyl (C=O) groups excluding carboxylic acids is 2. The number of aryl methyl sites for hydroxylation is 1. The van der Waals surface area contributed by atoms with Crippen molar-refractivity contribution < 1.29 is 18.7 Å². The van der Waals surface area contributed by atoms with Gasteiger partial charge in [0.15, 0.2) is 0 Å². The minimum Gasteiger partial charge on any atom is -0.493 e. The van der Waals surface area contributed by atoms with Crippen LogP contribution < -0.4 is 10.1 Å². The first kappa shape index (κ1) is 15.7. The summed E-state index contributed by atoms with van der Waals surface area (Å²) in [5, 5.41) is 2.71. The molecule has 0 bridgehead atoms. The van der Waals surface area contributed by atoms with Crippen molar-refractivity contribution in [1.82, 2.24) is 4.90 Å². The predicted molar refractivity (Wildman–Crippen MR) is 91.4 cm³/mol. The number of carbonyl (C=O) groups is 2. The smallest absolute Gasteiger partial charge is 0.313 e. The fourth-order valence-corrected chi connectivity index (χ4v) is 3.52. The highest BCUT2D eigenvalue weighted by atomic mass is 16.5. The number of anilines is 1. The van der Waals surface area contributed by atoms with Gasteiger partial charge in [-0.2, -0.15) is 0 Å². The summed E-state index contributed by atoms with van der Waals surface area (Å²) >= 11 is 0. The van der Waals surface area contributed by atoms with Crippen LogP contribution in [-0.2, 0) is 16.0 Å². The summed E-state index contributed by atoms with van der Waals surface area (Å²) in [5.74, 6) is 1.25. The van der Waals surface area contributed by atoms with E-state index < -0.39 is 11.8 Å². The molecule has 0 radical (unpaired) electrons. The molecule has 2 aliphatic heterocycles. The summed E-state index contributed by atoms with van der Waals surface area (Å²) in [6.45, 7) is 3.09. The summed E-state index contributed by atoms with van der Waals surface area (Å²) in [6, 6.07) is 9.04. The van der Waals surface area contributed by atoms with E-state index in [9.17, 15) is 9.59 Å². The Labute approximate surface area is 145 Å². The number of likely N-dealkylation sites (tertiary alicyclic amines) is 1. The molecule has 4 rings (SSSR count). The highest BCUT2D eigenvalue weighted by Gasteiger charge is 2.35. The van der Waals surface area contributed by atoms with Gasteiger partial charge >= 0.3 is 11.8 Å². The van der Waals surface area contributed by atoms with Crippen LogP contribution in [0, 0.1) is 6.92 Å². The molecule has 6 nitrogen and oxygen atoms in total. The van der Waals surface area contributed by atoms with Crippen LogP contribution in [0.5, 0.6) is 5.75 Å². The molecule has 1 atom stereocenters. The number of furan rings is 1. The summed E-state index contributed by atoms with van der Waals surface area (Å²) in [6.07, 6.45) is 2.49. The Bertz CT molecular complexity index is 827. The summed E-state index contributed by atoms with van der Waals surface area (Å²) in [7, 11) is 0. The minimum absolute atomic E-state index is 0.166. The van der Waals surface area contributed by atoms with Crippen molar-refractivity contribution in [2.24, 2.45) is 0 Å². The maximum absolute atomic E-state index is 12.6. The Morgan fingerprint density at radius 2 is 2.12 bits per heavy atom. The first-order valence-corrected chi connectivity index (χ1v) is 8.56. The lowest BCUT2D eigenvalue weighted by Crippen LogP contribution is -2.39. The first-order chi connectivity index (χ1) is 12.1. The van der Waals surface area contributed by atoms with Crippen molar-refractivity contribution in [2.45, 2.75) is 32.2 Å². The fraction of sp³-hybridized carbons (Fsp3) is 0.368. The van der Waals surface area contributed by atoms with E-state index in [-0.39, 0.29) is 6.04 Å². The van der Waals surface area contributed by atoms with Gasteiger partial charge in [-0.05, 0) is 55.7 Å². The molecule has 6 heteroatoms. The number of hydrogen-bond donors (Lipinski definition) is 1. The molecular formula is C19H20N2O4. The number of benzene rings is 1. The van der Waals surface area contributed by atoms with Crippen LogP contribution >= 0.6 is 0 Å². The zero-order valence-electron chi connectivity index (χ0n) is 14.1. The fourth-order valence-electron chi connectivity index (χ4n) is 3.52. The number of amides is 2. The van der Waals surface area contributed by atoms with Gasteiger partial charge in [-0.25, -0.2) is 0 Å². The topological polar surface area (TPSA) is 71.8 Å².